The van der Waals surface area contributed by atoms with Gasteiger partial charge in [0.25, 0.3) is 5.91 Å². The van der Waals surface area contributed by atoms with Crippen molar-refractivity contribution in [1.82, 2.24) is 19.7 Å². The number of carbonyl (C=O) groups excluding carboxylic acids is 1. The zero-order chi connectivity index (χ0) is 21.8. The fourth-order valence-electron chi connectivity index (χ4n) is 3.46. The number of likely N-dealkylation sites (N-methyl/N-ethyl adjacent to an activating group) is 2. The number of anilines is 1. The van der Waals surface area contributed by atoms with Crippen LogP contribution in [0.3, 0.4) is 0 Å². The van der Waals surface area contributed by atoms with E-state index in [0.29, 0.717) is 11.4 Å². The normalized spacial score (nSPS) is 16.1. The average Bonchev–Trinajstić information content (AvgIpc) is 3.23. The minimum Gasteiger partial charge on any atom is -0.504 e. The molecule has 1 amide bonds. The lowest BCUT2D eigenvalue weighted by molar-refractivity contribution is 0.0791. The van der Waals surface area contributed by atoms with Gasteiger partial charge >= 0.3 is 0 Å². The van der Waals surface area contributed by atoms with Gasteiger partial charge in [0.2, 0.25) is 0 Å². The summed E-state index contributed by atoms with van der Waals surface area (Å²) in [6, 6.07) is 5.13. The molecule has 2 N–H and O–H groups in total. The van der Waals surface area contributed by atoms with Crippen LogP contribution in [0, 0.1) is 0 Å². The number of piperazine rings is 1. The molecule has 1 aliphatic heterocycles. The Morgan fingerprint density at radius 1 is 1.13 bits per heavy atom. The molecular weight excluding hydrogens is 402 g/mol. The minimum absolute atomic E-state index is 0.0139. The number of rotatable bonds is 7. The zero-order valence-electron chi connectivity index (χ0n) is 18.1. The first-order chi connectivity index (χ1) is 14.3. The Morgan fingerprint density at radius 2 is 1.83 bits per heavy atom. The van der Waals surface area contributed by atoms with Gasteiger partial charge in [-0.15, -0.1) is 0 Å². The molecule has 0 spiro atoms. The smallest absolute Gasteiger partial charge is 0.265 e. The molecule has 8 nitrogen and oxygen atoms in total. The van der Waals surface area contributed by atoms with Crippen molar-refractivity contribution in [1.29, 1.82) is 0 Å². The van der Waals surface area contributed by atoms with Crippen LogP contribution in [-0.2, 0) is 0 Å². The van der Waals surface area contributed by atoms with Crippen molar-refractivity contribution in [3.8, 4) is 11.5 Å². The minimum atomic E-state index is -0.0998. The van der Waals surface area contributed by atoms with E-state index in [1.807, 2.05) is 27.2 Å². The van der Waals surface area contributed by atoms with Crippen molar-refractivity contribution in [2.24, 2.45) is 0 Å². The van der Waals surface area contributed by atoms with Gasteiger partial charge in [-0.1, -0.05) is 17.4 Å². The molecule has 2 heterocycles. The second-order valence-electron chi connectivity index (χ2n) is 7.98. The molecule has 0 bridgehead atoms. The summed E-state index contributed by atoms with van der Waals surface area (Å²) in [6.45, 7) is 6.97. The Morgan fingerprint density at radius 3 is 2.47 bits per heavy atom. The van der Waals surface area contributed by atoms with E-state index < -0.39 is 0 Å². The van der Waals surface area contributed by atoms with Crippen LogP contribution in [0.5, 0.6) is 11.5 Å². The van der Waals surface area contributed by atoms with Crippen molar-refractivity contribution >= 4 is 22.4 Å². The number of phenolic OH excluding ortho intramolecular Hbond substituents is 2. The van der Waals surface area contributed by atoms with Crippen molar-refractivity contribution in [3.05, 3.63) is 34.8 Å². The van der Waals surface area contributed by atoms with Gasteiger partial charge in [-0.2, -0.15) is 0 Å². The monoisotopic (exact) mass is 433 g/mol. The lowest BCUT2D eigenvalue weighted by atomic mass is 10.1. The zero-order valence-corrected chi connectivity index (χ0v) is 18.9. The third-order valence-corrected chi connectivity index (χ3v) is 6.59. The number of hydrogen-bond donors (Lipinski definition) is 2. The number of aromatic hydroxyl groups is 2. The molecule has 3 rings (SSSR count). The van der Waals surface area contributed by atoms with Crippen LogP contribution >= 0.6 is 11.3 Å². The maximum atomic E-state index is 12.6. The number of aromatic nitrogens is 1. The van der Waals surface area contributed by atoms with Gasteiger partial charge in [0.15, 0.2) is 16.6 Å². The average molecular weight is 434 g/mol. The predicted octanol–water partition coefficient (Wildman–Crippen LogP) is 2.07. The Kier molecular flexibility index (Phi) is 7.17. The Bertz CT molecular complexity index is 864. The van der Waals surface area contributed by atoms with Crippen LogP contribution in [0.1, 0.15) is 28.2 Å². The third kappa shape index (κ3) is 5.21. The van der Waals surface area contributed by atoms with Crippen molar-refractivity contribution in [2.45, 2.75) is 13.0 Å². The summed E-state index contributed by atoms with van der Waals surface area (Å²) < 4.78 is 0. The molecular formula is C21H31N5O3S. The van der Waals surface area contributed by atoms with E-state index in [0.717, 1.165) is 43.4 Å². The number of thiazole rings is 1. The molecule has 2 aromatic rings. The standard InChI is InChI=1S/C21H31N5O3S/c1-15(16-5-6-17(27)18(28)13-16)25-9-11-26(12-10-25)21-22-14-19(30-21)20(29)24(4)8-7-23(2)3/h5-6,13-15,27-28H,7-12H2,1-4H3/t15-/m1/s1. The molecule has 9 heteroatoms. The number of benzene rings is 1. The molecule has 1 fully saturated rings. The van der Waals surface area contributed by atoms with Crippen LogP contribution in [0.4, 0.5) is 5.13 Å². The van der Waals surface area contributed by atoms with Gasteiger partial charge in [-0.05, 0) is 38.7 Å². The lowest BCUT2D eigenvalue weighted by Gasteiger charge is -2.38. The Hall–Kier alpha value is -2.36. The molecule has 0 radical (unpaired) electrons. The number of amides is 1. The first-order valence-corrected chi connectivity index (χ1v) is 10.9. The van der Waals surface area contributed by atoms with Gasteiger partial charge in [-0.3, -0.25) is 9.69 Å². The largest absolute Gasteiger partial charge is 0.504 e. The summed E-state index contributed by atoms with van der Waals surface area (Å²) in [7, 11) is 5.81. The van der Waals surface area contributed by atoms with Gasteiger partial charge in [0.05, 0.1) is 6.20 Å². The van der Waals surface area contributed by atoms with E-state index in [-0.39, 0.29) is 23.4 Å². The maximum absolute atomic E-state index is 12.6. The van der Waals surface area contributed by atoms with Crippen LogP contribution in [0.15, 0.2) is 24.4 Å². The summed E-state index contributed by atoms with van der Waals surface area (Å²) in [5.74, 6) is -0.175. The SMILES string of the molecule is C[C@H](c1ccc(O)c(O)c1)N1CCN(c2ncc(C(=O)N(C)CCN(C)C)s2)CC1. The highest BCUT2D eigenvalue weighted by Crippen LogP contribution is 2.31. The van der Waals surface area contributed by atoms with Crippen LogP contribution in [-0.4, -0.2) is 96.2 Å². The molecule has 0 saturated carbocycles. The van der Waals surface area contributed by atoms with Crippen molar-refractivity contribution in [3.63, 3.8) is 0 Å². The highest BCUT2D eigenvalue weighted by molar-refractivity contribution is 7.17. The topological polar surface area (TPSA) is 83.4 Å². The molecule has 1 aromatic heterocycles. The predicted molar refractivity (Wildman–Crippen MR) is 120 cm³/mol. The molecule has 164 valence electrons. The second kappa shape index (κ2) is 9.63. The first kappa shape index (κ1) is 22.3. The maximum Gasteiger partial charge on any atom is 0.265 e. The molecule has 30 heavy (non-hydrogen) atoms. The van der Waals surface area contributed by atoms with E-state index in [1.54, 1.807) is 17.2 Å². The van der Waals surface area contributed by atoms with E-state index in [2.05, 4.69) is 26.6 Å². The molecule has 1 saturated heterocycles. The Labute approximate surface area is 182 Å². The molecule has 1 aliphatic rings. The molecule has 0 aliphatic carbocycles. The van der Waals surface area contributed by atoms with E-state index in [9.17, 15) is 15.0 Å². The Balaban J connectivity index is 1.56. The molecule has 1 atom stereocenters. The fourth-order valence-corrected chi connectivity index (χ4v) is 4.42. The van der Waals surface area contributed by atoms with E-state index >= 15 is 0 Å². The molecule has 0 unspecified atom stereocenters. The summed E-state index contributed by atoms with van der Waals surface area (Å²) in [6.07, 6.45) is 1.68. The molecule has 1 aromatic carbocycles. The number of nitrogens with zero attached hydrogens (tertiary/aromatic N) is 5. The number of phenols is 2. The van der Waals surface area contributed by atoms with E-state index in [1.165, 1.54) is 17.4 Å². The fraction of sp³-hybridized carbons (Fsp3) is 0.524. The summed E-state index contributed by atoms with van der Waals surface area (Å²) in [5, 5.41) is 20.2. The summed E-state index contributed by atoms with van der Waals surface area (Å²) >= 11 is 1.45. The van der Waals surface area contributed by atoms with Gasteiger partial charge in [-0.25, -0.2) is 4.98 Å². The summed E-state index contributed by atoms with van der Waals surface area (Å²) in [4.78, 5) is 26.1. The quantitative estimate of drug-likeness (QED) is 0.647. The van der Waals surface area contributed by atoms with Crippen LogP contribution in [0.25, 0.3) is 0 Å². The van der Waals surface area contributed by atoms with Gasteiger partial charge in [0, 0.05) is 52.4 Å². The van der Waals surface area contributed by atoms with Crippen molar-refractivity contribution in [2.75, 3.05) is 65.3 Å². The highest BCUT2D eigenvalue weighted by Gasteiger charge is 2.25. The number of hydrogen-bond acceptors (Lipinski definition) is 8. The third-order valence-electron chi connectivity index (χ3n) is 5.55. The lowest BCUT2D eigenvalue weighted by Crippen LogP contribution is -2.47. The second-order valence-corrected chi connectivity index (χ2v) is 8.99. The number of carbonyl (C=O) groups is 1. The van der Waals surface area contributed by atoms with Crippen LogP contribution in [0.2, 0.25) is 0 Å². The van der Waals surface area contributed by atoms with Crippen LogP contribution < -0.4 is 4.90 Å². The highest BCUT2D eigenvalue weighted by atomic mass is 32.1. The van der Waals surface area contributed by atoms with Crippen molar-refractivity contribution < 1.29 is 15.0 Å². The summed E-state index contributed by atoms with van der Waals surface area (Å²) in [5.41, 5.74) is 0.974. The van der Waals surface area contributed by atoms with Gasteiger partial charge < -0.3 is 24.9 Å². The first-order valence-electron chi connectivity index (χ1n) is 10.1. The van der Waals surface area contributed by atoms with E-state index in [4.69, 9.17) is 0 Å². The van der Waals surface area contributed by atoms with Gasteiger partial charge in [0.1, 0.15) is 4.88 Å².